The van der Waals surface area contributed by atoms with Crippen molar-refractivity contribution in [1.29, 1.82) is 0 Å². The first-order valence-electron chi connectivity index (χ1n) is 7.52. The van der Waals surface area contributed by atoms with Crippen LogP contribution in [0.2, 0.25) is 0 Å². The van der Waals surface area contributed by atoms with E-state index < -0.39 is 0 Å². The van der Waals surface area contributed by atoms with Gasteiger partial charge in [-0.2, -0.15) is 0 Å². The van der Waals surface area contributed by atoms with Gasteiger partial charge in [0.1, 0.15) is 0 Å². The lowest BCUT2D eigenvalue weighted by Gasteiger charge is -2.01. The van der Waals surface area contributed by atoms with Gasteiger partial charge in [-0.1, -0.05) is 13.0 Å². The Morgan fingerprint density at radius 2 is 2.05 bits per heavy atom. The molecule has 0 unspecified atom stereocenters. The number of hydrogen-bond donors (Lipinski definition) is 1. The molecule has 1 aliphatic carbocycles. The highest BCUT2D eigenvalue weighted by molar-refractivity contribution is 5.56. The van der Waals surface area contributed by atoms with Gasteiger partial charge >= 0.3 is 0 Å². The minimum absolute atomic E-state index is 0.644. The highest BCUT2D eigenvalue weighted by atomic mass is 16.4. The summed E-state index contributed by atoms with van der Waals surface area (Å²) in [5, 5.41) is 11.6. The van der Waals surface area contributed by atoms with Crippen molar-refractivity contribution in [2.75, 3.05) is 13.1 Å². The molecule has 1 N–H and O–H groups in total. The van der Waals surface area contributed by atoms with Crippen LogP contribution in [0.4, 0.5) is 0 Å². The first-order valence-corrected chi connectivity index (χ1v) is 7.52. The molecular weight excluding hydrogens is 250 g/mol. The van der Waals surface area contributed by atoms with Gasteiger partial charge < -0.3 is 9.73 Å². The molecule has 1 aliphatic rings. The number of fused-ring (bicyclic) bond motifs is 1. The molecule has 0 saturated carbocycles. The summed E-state index contributed by atoms with van der Waals surface area (Å²) in [6, 6.07) is 6.50. The topological polar surface area (TPSA) is 51.0 Å². The number of aromatic nitrogens is 2. The summed E-state index contributed by atoms with van der Waals surface area (Å²) >= 11 is 0. The van der Waals surface area contributed by atoms with Crippen molar-refractivity contribution in [1.82, 2.24) is 15.5 Å². The molecule has 1 heterocycles. The van der Waals surface area contributed by atoms with Crippen molar-refractivity contribution < 1.29 is 4.42 Å². The van der Waals surface area contributed by atoms with Crippen LogP contribution in [0.15, 0.2) is 22.6 Å². The summed E-state index contributed by atoms with van der Waals surface area (Å²) in [5.74, 6) is 1.36. The van der Waals surface area contributed by atoms with Gasteiger partial charge in [-0.15, -0.1) is 10.2 Å². The molecule has 4 heteroatoms. The average molecular weight is 271 g/mol. The molecule has 0 spiro atoms. The van der Waals surface area contributed by atoms with E-state index in [0.717, 1.165) is 31.5 Å². The summed E-state index contributed by atoms with van der Waals surface area (Å²) in [6.45, 7) is 4.08. The van der Waals surface area contributed by atoms with Crippen LogP contribution in [0.3, 0.4) is 0 Å². The molecule has 106 valence electrons. The second kappa shape index (κ2) is 6.18. The minimum atomic E-state index is 0.644. The number of nitrogens with zero attached hydrogens (tertiary/aromatic N) is 2. The Kier molecular flexibility index (Phi) is 4.11. The second-order valence-corrected chi connectivity index (χ2v) is 5.34. The van der Waals surface area contributed by atoms with Gasteiger partial charge in [-0.25, -0.2) is 0 Å². The smallest absolute Gasteiger partial charge is 0.247 e. The number of benzene rings is 1. The largest absolute Gasteiger partial charge is 0.421 e. The second-order valence-electron chi connectivity index (χ2n) is 5.34. The Balaban J connectivity index is 1.67. The molecule has 2 aromatic rings. The van der Waals surface area contributed by atoms with Gasteiger partial charge in [0.15, 0.2) is 0 Å². The van der Waals surface area contributed by atoms with E-state index in [-0.39, 0.29) is 0 Å². The maximum absolute atomic E-state index is 5.75. The fraction of sp³-hybridized carbons (Fsp3) is 0.500. The summed E-state index contributed by atoms with van der Waals surface area (Å²) in [4.78, 5) is 0. The lowest BCUT2D eigenvalue weighted by atomic mass is 10.1. The third kappa shape index (κ3) is 2.90. The fourth-order valence-electron chi connectivity index (χ4n) is 2.67. The van der Waals surface area contributed by atoms with Gasteiger partial charge in [0.2, 0.25) is 11.8 Å². The Hall–Kier alpha value is -1.68. The van der Waals surface area contributed by atoms with Crippen LogP contribution in [-0.4, -0.2) is 23.3 Å². The summed E-state index contributed by atoms with van der Waals surface area (Å²) in [7, 11) is 0. The zero-order valence-corrected chi connectivity index (χ0v) is 12.0. The number of nitrogens with one attached hydrogen (secondary N) is 1. The van der Waals surface area contributed by atoms with E-state index in [0.29, 0.717) is 11.8 Å². The first kappa shape index (κ1) is 13.3. The van der Waals surface area contributed by atoms with E-state index >= 15 is 0 Å². The van der Waals surface area contributed by atoms with Crippen LogP contribution in [0.1, 0.15) is 36.8 Å². The van der Waals surface area contributed by atoms with Crippen LogP contribution < -0.4 is 5.32 Å². The van der Waals surface area contributed by atoms with E-state index in [4.69, 9.17) is 4.42 Å². The van der Waals surface area contributed by atoms with E-state index in [1.54, 1.807) is 0 Å². The van der Waals surface area contributed by atoms with E-state index in [9.17, 15) is 0 Å². The van der Waals surface area contributed by atoms with Gasteiger partial charge in [-0.05, 0) is 55.5 Å². The maximum Gasteiger partial charge on any atom is 0.247 e. The van der Waals surface area contributed by atoms with E-state index in [1.165, 1.54) is 30.4 Å². The lowest BCUT2D eigenvalue weighted by Crippen LogP contribution is -2.17. The molecule has 1 aromatic heterocycles. The number of rotatable bonds is 6. The zero-order chi connectivity index (χ0) is 13.8. The summed E-state index contributed by atoms with van der Waals surface area (Å²) in [5.41, 5.74) is 3.95. The van der Waals surface area contributed by atoms with Crippen LogP contribution in [0.5, 0.6) is 0 Å². The third-order valence-corrected chi connectivity index (χ3v) is 3.75. The SMILES string of the molecule is CCCNCCc1nnc(-c2ccc3c(c2)CCC3)o1. The minimum Gasteiger partial charge on any atom is -0.421 e. The number of aryl methyl sites for hydroxylation is 2. The first-order chi connectivity index (χ1) is 9.86. The van der Waals surface area contributed by atoms with Crippen molar-refractivity contribution >= 4 is 0 Å². The van der Waals surface area contributed by atoms with Crippen molar-refractivity contribution in [3.8, 4) is 11.5 Å². The maximum atomic E-state index is 5.75. The van der Waals surface area contributed by atoms with Crippen molar-refractivity contribution in [3.63, 3.8) is 0 Å². The van der Waals surface area contributed by atoms with Crippen LogP contribution in [0, 0.1) is 0 Å². The molecule has 0 atom stereocenters. The molecule has 4 nitrogen and oxygen atoms in total. The Morgan fingerprint density at radius 3 is 2.95 bits per heavy atom. The molecule has 0 bridgehead atoms. The Bertz CT molecular complexity index is 577. The molecule has 0 aliphatic heterocycles. The normalized spacial score (nSPS) is 13.7. The number of hydrogen-bond acceptors (Lipinski definition) is 4. The van der Waals surface area contributed by atoms with Crippen LogP contribution in [0.25, 0.3) is 11.5 Å². The third-order valence-electron chi connectivity index (χ3n) is 3.75. The predicted molar refractivity (Wildman–Crippen MR) is 78.6 cm³/mol. The summed E-state index contributed by atoms with van der Waals surface area (Å²) in [6.07, 6.45) is 5.57. The highest BCUT2D eigenvalue weighted by Crippen LogP contribution is 2.27. The van der Waals surface area contributed by atoms with Gasteiger partial charge in [-0.3, -0.25) is 0 Å². The fourth-order valence-corrected chi connectivity index (χ4v) is 2.67. The van der Waals surface area contributed by atoms with Gasteiger partial charge in [0, 0.05) is 18.5 Å². The Labute approximate surface area is 119 Å². The quantitative estimate of drug-likeness (QED) is 0.821. The zero-order valence-electron chi connectivity index (χ0n) is 12.0. The van der Waals surface area contributed by atoms with E-state index in [2.05, 4.69) is 40.6 Å². The molecule has 0 saturated heterocycles. The summed E-state index contributed by atoms with van der Waals surface area (Å²) < 4.78 is 5.75. The lowest BCUT2D eigenvalue weighted by molar-refractivity contribution is 0.494. The van der Waals surface area contributed by atoms with E-state index in [1.807, 2.05) is 0 Å². The molecule has 20 heavy (non-hydrogen) atoms. The Morgan fingerprint density at radius 1 is 1.15 bits per heavy atom. The highest BCUT2D eigenvalue weighted by Gasteiger charge is 2.14. The van der Waals surface area contributed by atoms with Gasteiger partial charge in [0.05, 0.1) is 0 Å². The monoisotopic (exact) mass is 271 g/mol. The molecule has 3 rings (SSSR count). The van der Waals surface area contributed by atoms with Crippen molar-refractivity contribution in [2.24, 2.45) is 0 Å². The molecule has 1 aromatic carbocycles. The predicted octanol–water partition coefficient (Wildman–Crippen LogP) is 2.77. The average Bonchev–Trinajstić information content (AvgIpc) is 3.11. The van der Waals surface area contributed by atoms with Crippen molar-refractivity contribution in [2.45, 2.75) is 39.0 Å². The van der Waals surface area contributed by atoms with Gasteiger partial charge in [0.25, 0.3) is 0 Å². The van der Waals surface area contributed by atoms with Crippen molar-refractivity contribution in [3.05, 3.63) is 35.2 Å². The molecule has 0 amide bonds. The molecule has 0 radical (unpaired) electrons. The van der Waals surface area contributed by atoms with Crippen LogP contribution in [-0.2, 0) is 19.3 Å². The molecule has 0 fully saturated rings. The standard InChI is InChI=1S/C16H21N3O/c1-2-9-17-10-8-15-18-19-16(20-15)14-7-6-12-4-3-5-13(12)11-14/h6-7,11,17H,2-5,8-10H2,1H3. The molecular formula is C16H21N3O. The van der Waals surface area contributed by atoms with Crippen LogP contribution >= 0.6 is 0 Å².